The van der Waals surface area contributed by atoms with Gasteiger partial charge in [0.25, 0.3) is 0 Å². The minimum absolute atomic E-state index is 0.485. The SMILES string of the molecule is OC[C@H]1O[C@@H](O[C@H]2[C@H](O)[C@@H](O[C@H]3[C@H](O)[C@@H](OC[C@H]4OC(O)[C@@H](O)[C@@H]4O)O[C@@H]3CO[C@H]3O[C@H](CO)[C@@H](O)[C@@H]3O)O[C@@H]2CO)[C@@H](O)[C@@H]1O. The lowest BCUT2D eigenvalue weighted by Crippen LogP contribution is -2.46. The van der Waals surface area contributed by atoms with E-state index < -0.39 is 156 Å². The summed E-state index contributed by atoms with van der Waals surface area (Å²) in [6, 6.07) is 0. The summed E-state index contributed by atoms with van der Waals surface area (Å²) in [5.41, 5.74) is 0. The molecule has 0 aromatic rings. The first-order valence-corrected chi connectivity index (χ1v) is 14.7. The molecule has 0 spiro atoms. The average Bonchev–Trinajstić information content (AvgIpc) is 3.76. The normalized spacial score (nSPS) is 52.7. The van der Waals surface area contributed by atoms with E-state index in [9.17, 15) is 61.3 Å². The fraction of sp³-hybridized carbons (Fsp3) is 1.00. The van der Waals surface area contributed by atoms with Crippen molar-refractivity contribution in [3.63, 3.8) is 0 Å². The Balaban J connectivity index is 1.26. The summed E-state index contributed by atoms with van der Waals surface area (Å²) in [7, 11) is 0. The molecule has 0 saturated carbocycles. The first-order valence-electron chi connectivity index (χ1n) is 14.7. The summed E-state index contributed by atoms with van der Waals surface area (Å²) in [5.74, 6) is 0. The van der Waals surface area contributed by atoms with E-state index in [1.807, 2.05) is 0 Å². The van der Waals surface area contributed by atoms with E-state index >= 15 is 0 Å². The summed E-state index contributed by atoms with van der Waals surface area (Å²) in [6.45, 7) is -2.96. The molecule has 0 radical (unpaired) electrons. The highest BCUT2D eigenvalue weighted by molar-refractivity contribution is 4.96. The Morgan fingerprint density at radius 1 is 0.370 bits per heavy atom. The van der Waals surface area contributed by atoms with Crippen LogP contribution in [0.15, 0.2) is 0 Å². The van der Waals surface area contributed by atoms with Gasteiger partial charge in [-0.3, -0.25) is 0 Å². The van der Waals surface area contributed by atoms with Gasteiger partial charge in [0.15, 0.2) is 31.5 Å². The lowest BCUT2D eigenvalue weighted by atomic mass is 10.1. The van der Waals surface area contributed by atoms with Crippen molar-refractivity contribution >= 4 is 0 Å². The molecule has 21 nitrogen and oxygen atoms in total. The minimum Gasteiger partial charge on any atom is -0.394 e. The van der Waals surface area contributed by atoms with Crippen LogP contribution in [0.3, 0.4) is 0 Å². The third-order valence-corrected chi connectivity index (χ3v) is 8.53. The average molecular weight is 679 g/mol. The first-order chi connectivity index (χ1) is 21.9. The summed E-state index contributed by atoms with van der Waals surface area (Å²) in [5, 5.41) is 121. The minimum atomic E-state index is -1.70. The number of hydrogen-bond donors (Lipinski definition) is 12. The van der Waals surface area contributed by atoms with E-state index in [1.54, 1.807) is 0 Å². The fourth-order valence-corrected chi connectivity index (χ4v) is 5.81. The Kier molecular flexibility index (Phi) is 12.2. The van der Waals surface area contributed by atoms with Crippen LogP contribution in [-0.4, -0.2) is 217 Å². The third-order valence-electron chi connectivity index (χ3n) is 8.53. The van der Waals surface area contributed by atoms with Crippen LogP contribution < -0.4 is 0 Å². The maximum Gasteiger partial charge on any atom is 0.187 e. The molecule has 0 aromatic carbocycles. The second kappa shape index (κ2) is 15.4. The molecule has 0 aromatic heterocycles. The first kappa shape index (κ1) is 36.4. The predicted octanol–water partition coefficient (Wildman–Crippen LogP) is -8.73. The Bertz CT molecular complexity index is 965. The Hall–Kier alpha value is -0.840. The number of rotatable bonds is 13. The van der Waals surface area contributed by atoms with Crippen LogP contribution in [0, 0.1) is 0 Å². The van der Waals surface area contributed by atoms with Crippen LogP contribution in [-0.2, 0) is 42.6 Å². The Labute approximate surface area is 260 Å². The van der Waals surface area contributed by atoms with E-state index in [0.717, 1.165) is 0 Å². The molecule has 5 fully saturated rings. The van der Waals surface area contributed by atoms with E-state index in [0.29, 0.717) is 0 Å². The zero-order valence-electron chi connectivity index (χ0n) is 24.1. The Morgan fingerprint density at radius 3 is 1.28 bits per heavy atom. The molecule has 5 aliphatic rings. The second-order valence-electron chi connectivity index (χ2n) is 11.6. The quantitative estimate of drug-likeness (QED) is 0.0860. The van der Waals surface area contributed by atoms with E-state index in [-0.39, 0.29) is 0 Å². The van der Waals surface area contributed by atoms with Gasteiger partial charge in [0.05, 0.1) is 33.0 Å². The standard InChI is InChI=1S/C25H42O21/c26-1-6-11(29)15(33)22(41-6)39-5-10-20(17(35)23(44-10)38-4-9-13(31)14(32)21(37)40-9)46-25-18(36)19(8(3-28)43-25)45-24-16(34)12(30)7(2-27)42-24/h6-37H,1-5H2/t6-,7-,8-,9-,10-,11-,12-,13-,14+,15+,16+,17+,18+,19-,20-,21?,22+,23+,24+,25-/m1/s1. The lowest BCUT2D eigenvalue weighted by molar-refractivity contribution is -0.229. The van der Waals surface area contributed by atoms with Gasteiger partial charge in [0.1, 0.15) is 91.6 Å². The van der Waals surface area contributed by atoms with Crippen LogP contribution >= 0.6 is 0 Å². The topological polar surface area (TPSA) is 326 Å². The van der Waals surface area contributed by atoms with Crippen LogP contribution in [0.4, 0.5) is 0 Å². The van der Waals surface area contributed by atoms with Crippen molar-refractivity contribution in [3.05, 3.63) is 0 Å². The van der Waals surface area contributed by atoms with Crippen LogP contribution in [0.1, 0.15) is 0 Å². The Morgan fingerprint density at radius 2 is 0.761 bits per heavy atom. The van der Waals surface area contributed by atoms with Crippen LogP contribution in [0.2, 0.25) is 0 Å². The van der Waals surface area contributed by atoms with Crippen molar-refractivity contribution in [2.24, 2.45) is 0 Å². The van der Waals surface area contributed by atoms with E-state index in [4.69, 9.17) is 42.6 Å². The molecule has 5 rings (SSSR count). The molecular formula is C25H42O21. The maximum atomic E-state index is 11.1. The van der Waals surface area contributed by atoms with Gasteiger partial charge in [0, 0.05) is 0 Å². The number of ether oxygens (including phenoxy) is 9. The monoisotopic (exact) mass is 678 g/mol. The van der Waals surface area contributed by atoms with E-state index in [1.165, 1.54) is 0 Å². The van der Waals surface area contributed by atoms with Crippen molar-refractivity contribution in [3.8, 4) is 0 Å². The largest absolute Gasteiger partial charge is 0.394 e. The molecule has 5 heterocycles. The second-order valence-corrected chi connectivity index (χ2v) is 11.6. The van der Waals surface area contributed by atoms with Gasteiger partial charge in [-0.15, -0.1) is 0 Å². The van der Waals surface area contributed by atoms with Gasteiger partial charge in [-0.1, -0.05) is 0 Å². The molecule has 0 aliphatic carbocycles. The lowest BCUT2D eigenvalue weighted by Gasteiger charge is -2.27. The van der Waals surface area contributed by atoms with Gasteiger partial charge in [-0.2, -0.15) is 0 Å². The predicted molar refractivity (Wildman–Crippen MR) is 136 cm³/mol. The zero-order valence-corrected chi connectivity index (χ0v) is 24.1. The van der Waals surface area contributed by atoms with Gasteiger partial charge >= 0.3 is 0 Å². The third kappa shape index (κ3) is 7.21. The van der Waals surface area contributed by atoms with Crippen LogP contribution in [0.25, 0.3) is 0 Å². The van der Waals surface area contributed by atoms with Crippen molar-refractivity contribution in [1.29, 1.82) is 0 Å². The van der Waals surface area contributed by atoms with Gasteiger partial charge in [-0.05, 0) is 0 Å². The van der Waals surface area contributed by atoms with Crippen molar-refractivity contribution in [2.45, 2.75) is 123 Å². The van der Waals surface area contributed by atoms with E-state index in [2.05, 4.69) is 0 Å². The fourth-order valence-electron chi connectivity index (χ4n) is 5.81. The molecule has 0 bridgehead atoms. The molecule has 12 N–H and O–H groups in total. The molecule has 20 atom stereocenters. The van der Waals surface area contributed by atoms with Crippen molar-refractivity contribution in [2.75, 3.05) is 33.0 Å². The summed E-state index contributed by atoms with van der Waals surface area (Å²) in [4.78, 5) is 0. The smallest absolute Gasteiger partial charge is 0.187 e. The molecule has 268 valence electrons. The highest BCUT2D eigenvalue weighted by Gasteiger charge is 2.55. The number of hydrogen-bond acceptors (Lipinski definition) is 21. The number of aliphatic hydroxyl groups excluding tert-OH is 12. The molecular weight excluding hydrogens is 636 g/mol. The van der Waals surface area contributed by atoms with Gasteiger partial charge < -0.3 is 104 Å². The van der Waals surface area contributed by atoms with Crippen molar-refractivity contribution < 1.29 is 104 Å². The molecule has 46 heavy (non-hydrogen) atoms. The zero-order chi connectivity index (χ0) is 33.4. The van der Waals surface area contributed by atoms with Gasteiger partial charge in [0.2, 0.25) is 0 Å². The number of aliphatic hydroxyl groups is 12. The van der Waals surface area contributed by atoms with Crippen molar-refractivity contribution in [1.82, 2.24) is 0 Å². The maximum absolute atomic E-state index is 11.1. The molecule has 5 aliphatic heterocycles. The van der Waals surface area contributed by atoms with Gasteiger partial charge in [-0.25, -0.2) is 0 Å². The summed E-state index contributed by atoms with van der Waals surface area (Å²) < 4.78 is 49.4. The summed E-state index contributed by atoms with van der Waals surface area (Å²) in [6.07, 6.45) is -29.4. The summed E-state index contributed by atoms with van der Waals surface area (Å²) >= 11 is 0. The highest BCUT2D eigenvalue weighted by atomic mass is 16.8. The molecule has 1 unspecified atom stereocenters. The molecule has 0 amide bonds. The molecule has 5 saturated heterocycles. The van der Waals surface area contributed by atoms with Crippen LogP contribution in [0.5, 0.6) is 0 Å². The molecule has 21 heteroatoms. The highest BCUT2D eigenvalue weighted by Crippen LogP contribution is 2.35.